The zero-order valence-corrected chi connectivity index (χ0v) is 9.41. The molecule has 82 valence electrons. The van der Waals surface area contributed by atoms with Crippen molar-refractivity contribution in [2.45, 2.75) is 24.7 Å². The molecule has 4 heteroatoms. The Labute approximate surface area is 91.9 Å². The second kappa shape index (κ2) is 5.26. The second-order valence-electron chi connectivity index (χ2n) is 3.03. The topological polar surface area (TPSA) is 17.1 Å². The summed E-state index contributed by atoms with van der Waals surface area (Å²) in [5, 5.41) is 0. The van der Waals surface area contributed by atoms with E-state index in [9.17, 15) is 13.6 Å². The highest BCUT2D eigenvalue weighted by molar-refractivity contribution is 7.98. The van der Waals surface area contributed by atoms with Crippen molar-refractivity contribution >= 4 is 17.5 Å². The van der Waals surface area contributed by atoms with Crippen LogP contribution in [0.25, 0.3) is 0 Å². The number of Topliss-reactive ketones (excluding diaryl/α,β-unsaturated/α-hetero) is 1. The summed E-state index contributed by atoms with van der Waals surface area (Å²) in [6.07, 6.45) is -0.373. The molecule has 0 aliphatic heterocycles. The summed E-state index contributed by atoms with van der Waals surface area (Å²) in [7, 11) is 0. The van der Waals surface area contributed by atoms with Crippen molar-refractivity contribution in [2.24, 2.45) is 0 Å². The normalized spacial score (nSPS) is 10.7. The summed E-state index contributed by atoms with van der Waals surface area (Å²) in [6.45, 7) is 1.75. The molecule has 1 aromatic rings. The van der Waals surface area contributed by atoms with Crippen molar-refractivity contribution in [3.63, 3.8) is 0 Å². The SMILES string of the molecule is CCC(=O)c1ccc(C(F)F)c(SC)c1. The molecule has 0 radical (unpaired) electrons. The first-order chi connectivity index (χ1) is 7.10. The van der Waals surface area contributed by atoms with Gasteiger partial charge in [0.25, 0.3) is 6.43 Å². The Morgan fingerprint density at radius 3 is 2.60 bits per heavy atom. The third-order valence-electron chi connectivity index (χ3n) is 2.11. The van der Waals surface area contributed by atoms with Crippen molar-refractivity contribution in [1.29, 1.82) is 0 Å². The predicted molar refractivity (Wildman–Crippen MR) is 57.8 cm³/mol. The van der Waals surface area contributed by atoms with E-state index in [4.69, 9.17) is 0 Å². The van der Waals surface area contributed by atoms with Crippen LogP contribution in [0.1, 0.15) is 35.7 Å². The number of carbonyl (C=O) groups is 1. The zero-order chi connectivity index (χ0) is 11.4. The molecule has 1 nitrogen and oxygen atoms in total. The quantitative estimate of drug-likeness (QED) is 0.575. The van der Waals surface area contributed by atoms with Crippen LogP contribution in [0, 0.1) is 0 Å². The van der Waals surface area contributed by atoms with Gasteiger partial charge in [0.2, 0.25) is 0 Å². The van der Waals surface area contributed by atoms with Crippen LogP contribution in [0.5, 0.6) is 0 Å². The van der Waals surface area contributed by atoms with E-state index in [-0.39, 0.29) is 11.3 Å². The van der Waals surface area contributed by atoms with E-state index in [0.29, 0.717) is 16.9 Å². The van der Waals surface area contributed by atoms with Crippen LogP contribution in [0.3, 0.4) is 0 Å². The minimum atomic E-state index is -2.49. The molecule has 0 heterocycles. The maximum atomic E-state index is 12.5. The highest BCUT2D eigenvalue weighted by Crippen LogP contribution is 2.30. The van der Waals surface area contributed by atoms with Crippen LogP contribution in [0.15, 0.2) is 23.1 Å². The lowest BCUT2D eigenvalue weighted by molar-refractivity contribution is 0.0987. The van der Waals surface area contributed by atoms with Crippen molar-refractivity contribution in [3.8, 4) is 0 Å². The van der Waals surface area contributed by atoms with Crippen molar-refractivity contribution in [2.75, 3.05) is 6.26 Å². The minimum Gasteiger partial charge on any atom is -0.294 e. The molecule has 0 spiro atoms. The molecule has 0 saturated carbocycles. The highest BCUT2D eigenvalue weighted by atomic mass is 32.2. The summed E-state index contributed by atoms with van der Waals surface area (Å²) in [5.74, 6) is -0.0221. The van der Waals surface area contributed by atoms with Crippen LogP contribution >= 0.6 is 11.8 Å². The molecular formula is C11H12F2OS. The summed E-state index contributed by atoms with van der Waals surface area (Å²) in [4.78, 5) is 11.8. The Morgan fingerprint density at radius 2 is 2.13 bits per heavy atom. The van der Waals surface area contributed by atoms with E-state index in [2.05, 4.69) is 0 Å². The molecule has 0 unspecified atom stereocenters. The molecule has 0 amide bonds. The van der Waals surface area contributed by atoms with Crippen LogP contribution in [-0.2, 0) is 0 Å². The Kier molecular flexibility index (Phi) is 4.27. The van der Waals surface area contributed by atoms with Gasteiger partial charge >= 0.3 is 0 Å². The molecule has 1 aromatic carbocycles. The molecule has 15 heavy (non-hydrogen) atoms. The van der Waals surface area contributed by atoms with Gasteiger partial charge in [-0.3, -0.25) is 4.79 Å². The second-order valence-corrected chi connectivity index (χ2v) is 3.88. The fourth-order valence-corrected chi connectivity index (χ4v) is 1.91. The smallest absolute Gasteiger partial charge is 0.264 e. The van der Waals surface area contributed by atoms with Crippen molar-refractivity contribution in [3.05, 3.63) is 29.3 Å². The number of hydrogen-bond donors (Lipinski definition) is 0. The Morgan fingerprint density at radius 1 is 1.47 bits per heavy atom. The first-order valence-electron chi connectivity index (χ1n) is 4.59. The summed E-state index contributed by atoms with van der Waals surface area (Å²) in [6, 6.07) is 4.34. The number of carbonyl (C=O) groups excluding carboxylic acids is 1. The molecule has 1 rings (SSSR count). The fraction of sp³-hybridized carbons (Fsp3) is 0.364. The average Bonchev–Trinajstić information content (AvgIpc) is 2.26. The predicted octanol–water partition coefficient (Wildman–Crippen LogP) is 3.94. The van der Waals surface area contributed by atoms with Crippen molar-refractivity contribution in [1.82, 2.24) is 0 Å². The average molecular weight is 230 g/mol. The van der Waals surface area contributed by atoms with Gasteiger partial charge in [-0.05, 0) is 12.3 Å². The van der Waals surface area contributed by atoms with E-state index in [1.54, 1.807) is 13.2 Å². The molecule has 0 bridgehead atoms. The van der Waals surface area contributed by atoms with E-state index < -0.39 is 6.43 Å². The number of benzene rings is 1. The Bertz CT molecular complexity index is 364. The molecule has 0 N–H and O–H groups in total. The summed E-state index contributed by atoms with van der Waals surface area (Å²) >= 11 is 1.23. The maximum absolute atomic E-state index is 12.5. The molecule has 0 aliphatic carbocycles. The molecule has 0 atom stereocenters. The minimum absolute atomic E-state index is 0.00449. The first-order valence-corrected chi connectivity index (χ1v) is 5.82. The summed E-state index contributed by atoms with van der Waals surface area (Å²) < 4.78 is 25.1. The lowest BCUT2D eigenvalue weighted by Gasteiger charge is -2.08. The Hall–Kier alpha value is -0.900. The number of hydrogen-bond acceptors (Lipinski definition) is 2. The lowest BCUT2D eigenvalue weighted by Crippen LogP contribution is -1.98. The number of alkyl halides is 2. The van der Waals surface area contributed by atoms with Crippen LogP contribution in [0.4, 0.5) is 8.78 Å². The molecule has 0 fully saturated rings. The largest absolute Gasteiger partial charge is 0.294 e. The van der Waals surface area contributed by atoms with Crippen LogP contribution in [0.2, 0.25) is 0 Å². The summed E-state index contributed by atoms with van der Waals surface area (Å²) in [5.41, 5.74) is 0.501. The highest BCUT2D eigenvalue weighted by Gasteiger charge is 2.14. The van der Waals surface area contributed by atoms with Gasteiger partial charge in [0.15, 0.2) is 5.78 Å². The third-order valence-corrected chi connectivity index (χ3v) is 2.91. The molecular weight excluding hydrogens is 218 g/mol. The number of thioether (sulfide) groups is 1. The lowest BCUT2D eigenvalue weighted by atomic mass is 10.1. The van der Waals surface area contributed by atoms with Gasteiger partial charge in [-0.25, -0.2) is 8.78 Å². The maximum Gasteiger partial charge on any atom is 0.264 e. The number of ketones is 1. The van der Waals surface area contributed by atoms with Crippen LogP contribution in [-0.4, -0.2) is 12.0 Å². The van der Waals surface area contributed by atoms with Gasteiger partial charge in [0.1, 0.15) is 0 Å². The molecule has 0 saturated heterocycles. The monoisotopic (exact) mass is 230 g/mol. The number of halogens is 2. The number of rotatable bonds is 4. The van der Waals surface area contributed by atoms with Crippen LogP contribution < -0.4 is 0 Å². The van der Waals surface area contributed by atoms with E-state index in [0.717, 1.165) is 0 Å². The van der Waals surface area contributed by atoms with Gasteiger partial charge in [-0.1, -0.05) is 19.1 Å². The molecule has 0 aliphatic rings. The van der Waals surface area contributed by atoms with E-state index >= 15 is 0 Å². The first kappa shape index (κ1) is 12.2. The third kappa shape index (κ3) is 2.78. The fourth-order valence-electron chi connectivity index (χ4n) is 1.27. The van der Waals surface area contributed by atoms with Gasteiger partial charge in [-0.2, -0.15) is 0 Å². The van der Waals surface area contributed by atoms with E-state index in [1.165, 1.54) is 30.0 Å². The zero-order valence-electron chi connectivity index (χ0n) is 8.59. The Balaban J connectivity index is 3.13. The van der Waals surface area contributed by atoms with Gasteiger partial charge in [-0.15, -0.1) is 11.8 Å². The van der Waals surface area contributed by atoms with Gasteiger partial charge in [0.05, 0.1) is 0 Å². The molecule has 0 aromatic heterocycles. The van der Waals surface area contributed by atoms with Gasteiger partial charge in [0, 0.05) is 22.4 Å². The van der Waals surface area contributed by atoms with Gasteiger partial charge < -0.3 is 0 Å². The van der Waals surface area contributed by atoms with E-state index in [1.807, 2.05) is 0 Å². The standard InChI is InChI=1S/C11H12F2OS/c1-3-9(14)7-4-5-8(11(12)13)10(6-7)15-2/h4-6,11H,3H2,1-2H3. The van der Waals surface area contributed by atoms with Crippen molar-refractivity contribution < 1.29 is 13.6 Å².